The van der Waals surface area contributed by atoms with E-state index in [-0.39, 0.29) is 60.7 Å². The lowest BCUT2D eigenvalue weighted by Crippen LogP contribution is -2.46. The number of rotatable bonds is 17. The Hall–Kier alpha value is -7.55. The number of ether oxygens (including phenoxy) is 3. The van der Waals surface area contributed by atoms with Crippen molar-refractivity contribution < 1.29 is 46.2 Å². The Morgan fingerprint density at radius 2 is 1.72 bits per heavy atom. The van der Waals surface area contributed by atoms with Crippen LogP contribution in [-0.2, 0) is 35.6 Å². The molecule has 0 saturated heterocycles. The summed E-state index contributed by atoms with van der Waals surface area (Å²) < 4.78 is 61.1. The number of amides is 3. The highest BCUT2D eigenvalue weighted by Gasteiger charge is 2.25. The van der Waals surface area contributed by atoms with Gasteiger partial charge in [0.15, 0.2) is 17.9 Å². The van der Waals surface area contributed by atoms with E-state index in [0.717, 1.165) is 11.1 Å². The summed E-state index contributed by atoms with van der Waals surface area (Å²) in [6.45, 7) is 8.39. The number of aliphatic imine (C=N–C) groups is 1. The van der Waals surface area contributed by atoms with E-state index in [1.165, 1.54) is 30.5 Å². The van der Waals surface area contributed by atoms with Gasteiger partial charge in [-0.05, 0) is 108 Å². The van der Waals surface area contributed by atoms with Crippen molar-refractivity contribution in [1.82, 2.24) is 29.2 Å². The van der Waals surface area contributed by atoms with Gasteiger partial charge in [-0.1, -0.05) is 29.8 Å². The number of anilines is 2. The fourth-order valence-corrected chi connectivity index (χ4v) is 7.29. The molecule has 3 heterocycles. The van der Waals surface area contributed by atoms with Crippen LogP contribution in [-0.4, -0.2) is 88.8 Å². The van der Waals surface area contributed by atoms with E-state index >= 15 is 0 Å². The molecule has 6 aromatic rings. The maximum Gasteiger partial charge on any atom is 0.408 e. The molecule has 0 bridgehead atoms. The molecule has 0 spiro atoms. The van der Waals surface area contributed by atoms with Crippen LogP contribution in [0.15, 0.2) is 101 Å². The number of esters is 1. The van der Waals surface area contributed by atoms with E-state index in [2.05, 4.69) is 35.7 Å². The minimum Gasteiger partial charge on any atom is -0.466 e. The molecule has 0 aliphatic heterocycles. The molecule has 3 aromatic carbocycles. The number of nitrogens with two attached hydrogens (primary N) is 1. The van der Waals surface area contributed by atoms with Crippen LogP contribution in [0.5, 0.6) is 5.88 Å². The van der Waals surface area contributed by atoms with Gasteiger partial charge in [0.05, 0.1) is 34.6 Å². The van der Waals surface area contributed by atoms with Crippen molar-refractivity contribution in [3.05, 3.63) is 114 Å². The number of benzene rings is 3. The number of alkyl carbamates (subject to hydrolysis) is 1. The highest BCUT2D eigenvalue weighted by Crippen LogP contribution is 2.29. The van der Waals surface area contributed by atoms with Crippen molar-refractivity contribution in [2.24, 2.45) is 10.7 Å². The number of nitrogens with one attached hydrogen (secondary N) is 4. The van der Waals surface area contributed by atoms with Crippen LogP contribution in [0.25, 0.3) is 16.6 Å². The number of guanidine groups is 1. The van der Waals surface area contributed by atoms with Crippen molar-refractivity contribution in [2.45, 2.75) is 70.5 Å². The van der Waals surface area contributed by atoms with Gasteiger partial charge in [-0.25, -0.2) is 32.1 Å². The van der Waals surface area contributed by atoms with Gasteiger partial charge in [-0.15, -0.1) is 5.10 Å². The molecule has 0 aliphatic carbocycles. The zero-order valence-electron chi connectivity index (χ0n) is 36.3. The van der Waals surface area contributed by atoms with Crippen molar-refractivity contribution in [3.8, 4) is 5.88 Å². The molecule has 21 heteroatoms. The van der Waals surface area contributed by atoms with Gasteiger partial charge in [-0.3, -0.25) is 19.3 Å². The van der Waals surface area contributed by atoms with Gasteiger partial charge < -0.3 is 40.3 Å². The maximum absolute atomic E-state index is 13.9. The Bertz CT molecular complexity index is 2840. The third kappa shape index (κ3) is 12.8. The van der Waals surface area contributed by atoms with E-state index in [0.29, 0.717) is 22.2 Å². The normalized spacial score (nSPS) is 12.4. The summed E-state index contributed by atoms with van der Waals surface area (Å²) >= 11 is 0. The molecule has 6 N–H and O–H groups in total. The molecule has 19 nitrogen and oxygen atoms in total. The Morgan fingerprint density at radius 3 is 2.43 bits per heavy atom. The minimum atomic E-state index is -3.99. The van der Waals surface area contributed by atoms with Gasteiger partial charge in [-0.2, -0.15) is 0 Å². The SMILES string of the molecule is CCOC(=O)c1cn2cccc(NC(=O)COc3nn(Cc4ccc(F)cc4)c4ccc(NC(=O)C(CCCN=C(N)NS(=O)(=O)c5ccc(C)cc5)NC(=O)OC(C)(C)C)cc34)c2n1. The van der Waals surface area contributed by atoms with Gasteiger partial charge in [0.1, 0.15) is 17.5 Å². The molecule has 3 aromatic heterocycles. The molecule has 0 radical (unpaired) electrons. The lowest BCUT2D eigenvalue weighted by molar-refractivity contribution is -0.119. The van der Waals surface area contributed by atoms with E-state index in [4.69, 9.17) is 19.9 Å². The summed E-state index contributed by atoms with van der Waals surface area (Å²) in [7, 11) is -3.99. The van der Waals surface area contributed by atoms with Crippen LogP contribution in [0.4, 0.5) is 20.6 Å². The quantitative estimate of drug-likeness (QED) is 0.0339. The third-order valence-corrected chi connectivity index (χ3v) is 10.7. The number of pyridine rings is 1. The van der Waals surface area contributed by atoms with Crippen LogP contribution < -0.4 is 31.1 Å². The summed E-state index contributed by atoms with van der Waals surface area (Å²) in [6, 6.07) is 19.1. The second kappa shape index (κ2) is 20.3. The van der Waals surface area contributed by atoms with Gasteiger partial charge in [0, 0.05) is 24.6 Å². The van der Waals surface area contributed by atoms with Crippen LogP contribution in [0.3, 0.4) is 0 Å². The second-order valence-electron chi connectivity index (χ2n) is 15.7. The molecule has 1 atom stereocenters. The second-order valence-corrected chi connectivity index (χ2v) is 17.4. The first-order chi connectivity index (χ1) is 30.9. The number of carbonyl (C=O) groups excluding carboxylic acids is 4. The smallest absolute Gasteiger partial charge is 0.408 e. The summed E-state index contributed by atoms with van der Waals surface area (Å²) in [5, 5.41) is 13.2. The summed E-state index contributed by atoms with van der Waals surface area (Å²) in [5.41, 5.74) is 8.13. The number of hydrogen-bond acceptors (Lipinski definition) is 12. The zero-order valence-corrected chi connectivity index (χ0v) is 37.1. The maximum atomic E-state index is 13.9. The highest BCUT2D eigenvalue weighted by molar-refractivity contribution is 7.90. The predicted octanol–water partition coefficient (Wildman–Crippen LogP) is 5.28. The molecule has 6 rings (SSSR count). The fraction of sp³-hybridized carbons (Fsp3) is 0.295. The summed E-state index contributed by atoms with van der Waals surface area (Å²) in [4.78, 5) is 60.8. The summed E-state index contributed by atoms with van der Waals surface area (Å²) in [5.74, 6) is -2.53. The van der Waals surface area contributed by atoms with Crippen LogP contribution in [0, 0.1) is 12.7 Å². The Kier molecular flexibility index (Phi) is 14.7. The molecule has 3 amide bonds. The molecule has 0 aliphatic rings. The number of nitrogens with zero attached hydrogens (tertiary/aromatic N) is 5. The van der Waals surface area contributed by atoms with Crippen LogP contribution in [0.1, 0.15) is 62.2 Å². The average Bonchev–Trinajstić information content (AvgIpc) is 3.83. The zero-order chi connectivity index (χ0) is 46.9. The number of hydrogen-bond donors (Lipinski definition) is 5. The molecule has 1 unspecified atom stereocenters. The minimum absolute atomic E-state index is 0.00137. The van der Waals surface area contributed by atoms with Crippen molar-refractivity contribution in [1.29, 1.82) is 0 Å². The number of aromatic nitrogens is 4. The molecule has 0 fully saturated rings. The number of carbonyl (C=O) groups is 4. The monoisotopic (exact) mass is 912 g/mol. The Morgan fingerprint density at radius 1 is 0.985 bits per heavy atom. The van der Waals surface area contributed by atoms with E-state index < -0.39 is 58.0 Å². The van der Waals surface area contributed by atoms with Crippen molar-refractivity contribution in [3.63, 3.8) is 0 Å². The fourth-order valence-electron chi connectivity index (χ4n) is 6.34. The number of imidazole rings is 1. The third-order valence-electron chi connectivity index (χ3n) is 9.32. The van der Waals surface area contributed by atoms with Gasteiger partial charge in [0.2, 0.25) is 17.7 Å². The largest absolute Gasteiger partial charge is 0.466 e. The molecular weight excluding hydrogens is 864 g/mol. The van der Waals surface area contributed by atoms with E-state index in [1.54, 1.807) is 97.6 Å². The van der Waals surface area contributed by atoms with Crippen molar-refractivity contribution >= 4 is 67.8 Å². The standard InChI is InChI=1S/C44H49FN10O9S/c1-6-62-41(58)35-25-54-22-8-10-33(38(54)50-35)49-37(56)26-63-40-32-23-30(17-20-36(32)55(52-40)24-28-13-15-29(45)16-14-28)48-39(57)34(51-43(59)64-44(3,4)5)9-7-21-47-42(46)53-65(60,61)31-18-11-27(2)12-19-31/h8,10-20,22-23,25,34H,6-7,9,21,24,26H2,1-5H3,(H,48,57)(H,49,56)(H,51,59)(H3,46,47,53). The van der Waals surface area contributed by atoms with Crippen LogP contribution in [0.2, 0.25) is 0 Å². The molecule has 342 valence electrons. The lowest BCUT2D eigenvalue weighted by atomic mass is 10.1. The van der Waals surface area contributed by atoms with Crippen molar-refractivity contribution in [2.75, 3.05) is 30.4 Å². The first-order valence-electron chi connectivity index (χ1n) is 20.4. The number of aryl methyl sites for hydroxylation is 1. The lowest BCUT2D eigenvalue weighted by Gasteiger charge is -2.23. The first kappa shape index (κ1) is 46.9. The number of sulfonamides is 1. The number of fused-ring (bicyclic) bond motifs is 2. The van der Waals surface area contributed by atoms with Gasteiger partial charge >= 0.3 is 12.1 Å². The molecule has 65 heavy (non-hydrogen) atoms. The van der Waals surface area contributed by atoms with Crippen LogP contribution >= 0.6 is 0 Å². The van der Waals surface area contributed by atoms with E-state index in [1.807, 2.05) is 6.92 Å². The Labute approximate surface area is 373 Å². The topological polar surface area (TPSA) is 252 Å². The highest BCUT2D eigenvalue weighted by atomic mass is 32.2. The first-order valence-corrected chi connectivity index (χ1v) is 21.9. The summed E-state index contributed by atoms with van der Waals surface area (Å²) in [6.07, 6.45) is 2.54. The van der Waals surface area contributed by atoms with Gasteiger partial charge in [0.25, 0.3) is 15.9 Å². The molecular formula is C44H49FN10O9S. The predicted molar refractivity (Wildman–Crippen MR) is 240 cm³/mol. The average molecular weight is 913 g/mol. The molecule has 0 saturated carbocycles. The van der Waals surface area contributed by atoms with E-state index in [9.17, 15) is 32.0 Å². The number of halogens is 1. The Balaban J connectivity index is 1.19.